The van der Waals surface area contributed by atoms with Crippen LogP contribution >= 0.6 is 15.9 Å². The van der Waals surface area contributed by atoms with Gasteiger partial charge in [0.2, 0.25) is 0 Å². The Balaban J connectivity index is 2.12. The number of nitrogens with zero attached hydrogens (tertiary/aromatic N) is 3. The number of rotatable bonds is 4. The van der Waals surface area contributed by atoms with Crippen molar-refractivity contribution in [1.29, 1.82) is 0 Å². The van der Waals surface area contributed by atoms with Gasteiger partial charge in [-0.05, 0) is 34.1 Å². The summed E-state index contributed by atoms with van der Waals surface area (Å²) in [6.07, 6.45) is 3.65. The molecule has 20 heavy (non-hydrogen) atoms. The lowest BCUT2D eigenvalue weighted by Crippen LogP contribution is -2.26. The lowest BCUT2D eigenvalue weighted by Gasteiger charge is -2.16. The number of carbonyl (C=O) groups excluding carboxylic acids is 1. The highest BCUT2D eigenvalue weighted by atomic mass is 79.9. The fraction of sp³-hybridized carbons (Fsp3) is 0.286. The van der Waals surface area contributed by atoms with Gasteiger partial charge in [0.15, 0.2) is 0 Å². The molecule has 0 aliphatic carbocycles. The lowest BCUT2D eigenvalue weighted by atomic mass is 10.2. The topological polar surface area (TPSA) is 47.4 Å². The SMILES string of the molecule is COc1ccc(C(=O)N(C)Cc2cnn(C)c2)cc1Br. The van der Waals surface area contributed by atoms with Crippen LogP contribution in [0.4, 0.5) is 0 Å². The summed E-state index contributed by atoms with van der Waals surface area (Å²) in [6.45, 7) is 0.524. The van der Waals surface area contributed by atoms with E-state index in [-0.39, 0.29) is 5.91 Å². The van der Waals surface area contributed by atoms with Crippen molar-refractivity contribution in [1.82, 2.24) is 14.7 Å². The normalized spacial score (nSPS) is 10.4. The molecule has 2 aromatic rings. The summed E-state index contributed by atoms with van der Waals surface area (Å²) in [6, 6.07) is 5.29. The van der Waals surface area contributed by atoms with E-state index in [4.69, 9.17) is 4.74 Å². The summed E-state index contributed by atoms with van der Waals surface area (Å²) >= 11 is 3.39. The van der Waals surface area contributed by atoms with E-state index in [1.54, 1.807) is 48.1 Å². The van der Waals surface area contributed by atoms with E-state index >= 15 is 0 Å². The van der Waals surface area contributed by atoms with Crippen LogP contribution in [-0.4, -0.2) is 34.7 Å². The van der Waals surface area contributed by atoms with E-state index in [0.717, 1.165) is 10.0 Å². The van der Waals surface area contributed by atoms with Gasteiger partial charge in [0.25, 0.3) is 5.91 Å². The van der Waals surface area contributed by atoms with Crippen LogP contribution in [0.25, 0.3) is 0 Å². The average Bonchev–Trinajstić information content (AvgIpc) is 2.83. The zero-order valence-electron chi connectivity index (χ0n) is 11.6. The molecule has 6 heteroatoms. The van der Waals surface area contributed by atoms with Crippen LogP contribution in [0, 0.1) is 0 Å². The highest BCUT2D eigenvalue weighted by molar-refractivity contribution is 9.10. The summed E-state index contributed by atoms with van der Waals surface area (Å²) in [5, 5.41) is 4.09. The summed E-state index contributed by atoms with van der Waals surface area (Å²) in [4.78, 5) is 14.0. The van der Waals surface area contributed by atoms with E-state index in [2.05, 4.69) is 21.0 Å². The molecular weight excluding hydrogens is 322 g/mol. The number of benzene rings is 1. The molecule has 106 valence electrons. The van der Waals surface area contributed by atoms with Gasteiger partial charge in [-0.3, -0.25) is 9.48 Å². The van der Waals surface area contributed by atoms with Gasteiger partial charge >= 0.3 is 0 Å². The number of hydrogen-bond acceptors (Lipinski definition) is 3. The first kappa shape index (κ1) is 14.6. The number of halogens is 1. The molecule has 0 fully saturated rings. The minimum atomic E-state index is -0.0443. The maximum Gasteiger partial charge on any atom is 0.253 e. The average molecular weight is 338 g/mol. The smallest absolute Gasteiger partial charge is 0.253 e. The number of aryl methyl sites for hydroxylation is 1. The fourth-order valence-electron chi connectivity index (χ4n) is 1.92. The van der Waals surface area contributed by atoms with Crippen LogP contribution in [0.3, 0.4) is 0 Å². The monoisotopic (exact) mass is 337 g/mol. The van der Waals surface area contributed by atoms with E-state index in [0.29, 0.717) is 17.9 Å². The molecule has 0 atom stereocenters. The Morgan fingerprint density at radius 3 is 2.80 bits per heavy atom. The van der Waals surface area contributed by atoms with Crippen LogP contribution in [0.15, 0.2) is 35.1 Å². The predicted octanol–water partition coefficient (Wildman–Crippen LogP) is 2.46. The molecule has 5 nitrogen and oxygen atoms in total. The molecule has 0 bridgehead atoms. The second kappa shape index (κ2) is 6.09. The second-order valence-corrected chi connectivity index (χ2v) is 5.39. The van der Waals surface area contributed by atoms with Crippen molar-refractivity contribution in [2.75, 3.05) is 14.2 Å². The Morgan fingerprint density at radius 1 is 1.50 bits per heavy atom. The van der Waals surface area contributed by atoms with Crippen LogP contribution in [0.1, 0.15) is 15.9 Å². The Morgan fingerprint density at radius 2 is 2.25 bits per heavy atom. The molecular formula is C14H16BrN3O2. The third kappa shape index (κ3) is 3.19. The molecule has 0 aliphatic rings. The van der Waals surface area contributed by atoms with Gasteiger partial charge in [-0.1, -0.05) is 0 Å². The van der Waals surface area contributed by atoms with Gasteiger partial charge in [0, 0.05) is 38.0 Å². The summed E-state index contributed by atoms with van der Waals surface area (Å²) in [5.74, 6) is 0.661. The summed E-state index contributed by atoms with van der Waals surface area (Å²) in [5.41, 5.74) is 1.61. The highest BCUT2D eigenvalue weighted by Crippen LogP contribution is 2.26. The third-order valence-corrected chi connectivity index (χ3v) is 3.54. The molecule has 1 aromatic carbocycles. The minimum absolute atomic E-state index is 0.0443. The van der Waals surface area contributed by atoms with E-state index < -0.39 is 0 Å². The van der Waals surface area contributed by atoms with Gasteiger partial charge in [0.05, 0.1) is 17.8 Å². The van der Waals surface area contributed by atoms with Gasteiger partial charge in [-0.2, -0.15) is 5.10 Å². The lowest BCUT2D eigenvalue weighted by molar-refractivity contribution is 0.0785. The number of carbonyl (C=O) groups is 1. The van der Waals surface area contributed by atoms with Crippen LogP contribution in [0.5, 0.6) is 5.75 Å². The number of ether oxygens (including phenoxy) is 1. The van der Waals surface area contributed by atoms with Crippen LogP contribution in [0.2, 0.25) is 0 Å². The Labute approximate surface area is 126 Å². The van der Waals surface area contributed by atoms with Crippen molar-refractivity contribution >= 4 is 21.8 Å². The van der Waals surface area contributed by atoms with Crippen molar-refractivity contribution in [3.63, 3.8) is 0 Å². The molecule has 1 aromatic heterocycles. The fourth-order valence-corrected chi connectivity index (χ4v) is 2.46. The first-order valence-electron chi connectivity index (χ1n) is 6.08. The largest absolute Gasteiger partial charge is 0.496 e. The first-order valence-corrected chi connectivity index (χ1v) is 6.87. The van der Waals surface area contributed by atoms with E-state index in [9.17, 15) is 4.79 Å². The number of hydrogen-bond donors (Lipinski definition) is 0. The van der Waals surface area contributed by atoms with Gasteiger partial charge in [-0.25, -0.2) is 0 Å². The standard InChI is InChI=1S/C14H16BrN3O2/c1-17(8-10-7-16-18(2)9-10)14(19)11-4-5-13(20-3)12(15)6-11/h4-7,9H,8H2,1-3H3. The van der Waals surface area contributed by atoms with E-state index in [1.807, 2.05) is 13.2 Å². The van der Waals surface area contributed by atoms with Crippen molar-refractivity contribution in [2.45, 2.75) is 6.54 Å². The molecule has 0 N–H and O–H groups in total. The van der Waals surface area contributed by atoms with Gasteiger partial charge in [-0.15, -0.1) is 0 Å². The first-order chi connectivity index (χ1) is 9.51. The molecule has 0 unspecified atom stereocenters. The molecule has 0 aliphatic heterocycles. The van der Waals surface area contributed by atoms with Crippen molar-refractivity contribution in [3.05, 3.63) is 46.2 Å². The molecule has 0 saturated heterocycles. The van der Waals surface area contributed by atoms with Gasteiger partial charge < -0.3 is 9.64 Å². The zero-order chi connectivity index (χ0) is 14.7. The predicted molar refractivity (Wildman–Crippen MR) is 79.7 cm³/mol. The number of amides is 1. The molecule has 0 spiro atoms. The van der Waals surface area contributed by atoms with Crippen molar-refractivity contribution in [3.8, 4) is 5.75 Å². The zero-order valence-corrected chi connectivity index (χ0v) is 13.2. The van der Waals surface area contributed by atoms with Crippen LogP contribution in [-0.2, 0) is 13.6 Å². The van der Waals surface area contributed by atoms with Gasteiger partial charge in [0.1, 0.15) is 5.75 Å². The Hall–Kier alpha value is -1.82. The molecule has 0 saturated carbocycles. The number of methoxy groups -OCH3 is 1. The maximum atomic E-state index is 12.3. The summed E-state index contributed by atoms with van der Waals surface area (Å²) in [7, 11) is 5.22. The Kier molecular flexibility index (Phi) is 4.44. The minimum Gasteiger partial charge on any atom is -0.496 e. The molecule has 2 rings (SSSR count). The van der Waals surface area contributed by atoms with E-state index in [1.165, 1.54) is 0 Å². The van der Waals surface area contributed by atoms with Crippen LogP contribution < -0.4 is 4.74 Å². The molecule has 1 amide bonds. The molecule has 0 radical (unpaired) electrons. The summed E-state index contributed by atoms with van der Waals surface area (Å²) < 4.78 is 7.64. The Bertz CT molecular complexity index is 625. The van der Waals surface area contributed by atoms with Crippen molar-refractivity contribution in [2.24, 2.45) is 7.05 Å². The third-order valence-electron chi connectivity index (χ3n) is 2.92. The number of aromatic nitrogens is 2. The molecule has 1 heterocycles. The maximum absolute atomic E-state index is 12.3. The quantitative estimate of drug-likeness (QED) is 0.860. The highest BCUT2D eigenvalue weighted by Gasteiger charge is 2.14. The second-order valence-electron chi connectivity index (χ2n) is 4.53. The van der Waals surface area contributed by atoms with Crippen molar-refractivity contribution < 1.29 is 9.53 Å².